The van der Waals surface area contributed by atoms with Gasteiger partial charge in [0.2, 0.25) is 5.91 Å². The van der Waals surface area contributed by atoms with Crippen molar-refractivity contribution in [3.05, 3.63) is 29.6 Å². The summed E-state index contributed by atoms with van der Waals surface area (Å²) in [7, 11) is 0. The molecule has 0 bridgehead atoms. The van der Waals surface area contributed by atoms with Gasteiger partial charge in [-0.05, 0) is 50.3 Å². The van der Waals surface area contributed by atoms with Crippen molar-refractivity contribution in [1.29, 1.82) is 0 Å². The number of likely N-dealkylation sites (tertiary alicyclic amines) is 1. The number of carbonyl (C=O) groups is 2. The molecule has 2 amide bonds. The Morgan fingerprint density at radius 1 is 1.33 bits per heavy atom. The lowest BCUT2D eigenvalue weighted by Gasteiger charge is -2.34. The topological polar surface area (TPSA) is 66.6 Å². The summed E-state index contributed by atoms with van der Waals surface area (Å²) >= 11 is 0. The molecule has 0 aliphatic carbocycles. The van der Waals surface area contributed by atoms with Gasteiger partial charge in [0.25, 0.3) is 5.91 Å². The number of nitrogens with two attached hydrogens (primary N) is 1. The van der Waals surface area contributed by atoms with E-state index in [-0.39, 0.29) is 29.3 Å². The molecule has 2 N–H and O–H groups in total. The minimum Gasteiger partial charge on any atom is -0.338 e. The second-order valence-corrected chi connectivity index (χ2v) is 6.83. The van der Waals surface area contributed by atoms with Gasteiger partial charge < -0.3 is 15.5 Å². The zero-order chi connectivity index (χ0) is 17.3. The Morgan fingerprint density at radius 2 is 2.12 bits per heavy atom. The van der Waals surface area contributed by atoms with Gasteiger partial charge in [0.1, 0.15) is 5.82 Å². The highest BCUT2D eigenvalue weighted by Crippen LogP contribution is 2.26. The second kappa shape index (κ2) is 6.89. The first-order chi connectivity index (χ1) is 11.5. The molecule has 0 spiro atoms. The SMILES string of the molecule is CC(N)C1CCCN(C(=O)c2cc(N3CCCC3=O)ccc2F)C1. The van der Waals surface area contributed by atoms with Crippen LogP contribution in [0, 0.1) is 11.7 Å². The number of carbonyl (C=O) groups excluding carboxylic acids is 2. The highest BCUT2D eigenvalue weighted by molar-refractivity contribution is 5.99. The number of nitrogens with zero attached hydrogens (tertiary/aromatic N) is 2. The number of rotatable bonds is 3. The summed E-state index contributed by atoms with van der Waals surface area (Å²) in [5, 5.41) is 0. The summed E-state index contributed by atoms with van der Waals surface area (Å²) in [4.78, 5) is 28.0. The van der Waals surface area contributed by atoms with Crippen molar-refractivity contribution in [3.8, 4) is 0 Å². The molecule has 24 heavy (non-hydrogen) atoms. The van der Waals surface area contributed by atoms with Crippen LogP contribution in [0.25, 0.3) is 0 Å². The minimum absolute atomic E-state index is 0.0130. The van der Waals surface area contributed by atoms with E-state index >= 15 is 0 Å². The van der Waals surface area contributed by atoms with Crippen LogP contribution in [0.5, 0.6) is 0 Å². The van der Waals surface area contributed by atoms with Gasteiger partial charge in [0.05, 0.1) is 5.56 Å². The van der Waals surface area contributed by atoms with Crippen LogP contribution in [0.15, 0.2) is 18.2 Å². The van der Waals surface area contributed by atoms with Gasteiger partial charge >= 0.3 is 0 Å². The van der Waals surface area contributed by atoms with E-state index in [0.717, 1.165) is 19.3 Å². The van der Waals surface area contributed by atoms with Crippen molar-refractivity contribution in [3.63, 3.8) is 0 Å². The molecule has 2 fully saturated rings. The molecule has 6 heteroatoms. The van der Waals surface area contributed by atoms with Crippen LogP contribution < -0.4 is 10.6 Å². The molecule has 1 aromatic carbocycles. The fourth-order valence-corrected chi connectivity index (χ4v) is 3.56. The molecular weight excluding hydrogens is 309 g/mol. The summed E-state index contributed by atoms with van der Waals surface area (Å²) in [6.45, 7) is 3.74. The van der Waals surface area contributed by atoms with Crippen LogP contribution >= 0.6 is 0 Å². The maximum absolute atomic E-state index is 14.2. The van der Waals surface area contributed by atoms with Crippen molar-refractivity contribution in [2.45, 2.75) is 38.6 Å². The Hall–Kier alpha value is -1.95. The molecule has 2 saturated heterocycles. The van der Waals surface area contributed by atoms with Gasteiger partial charge in [-0.15, -0.1) is 0 Å². The van der Waals surface area contributed by atoms with Gasteiger partial charge in [-0.2, -0.15) is 0 Å². The third-order valence-corrected chi connectivity index (χ3v) is 5.05. The van der Waals surface area contributed by atoms with Crippen LogP contribution in [0.4, 0.5) is 10.1 Å². The lowest BCUT2D eigenvalue weighted by molar-refractivity contribution is -0.117. The lowest BCUT2D eigenvalue weighted by atomic mass is 9.92. The molecule has 0 saturated carbocycles. The van der Waals surface area contributed by atoms with Crippen molar-refractivity contribution in [2.24, 2.45) is 11.7 Å². The van der Waals surface area contributed by atoms with Crippen LogP contribution in [0.2, 0.25) is 0 Å². The predicted octanol–water partition coefficient (Wildman–Crippen LogP) is 2.15. The summed E-state index contributed by atoms with van der Waals surface area (Å²) in [6, 6.07) is 4.37. The number of piperidine rings is 1. The van der Waals surface area contributed by atoms with E-state index in [1.807, 2.05) is 6.92 Å². The number of anilines is 1. The van der Waals surface area contributed by atoms with E-state index in [0.29, 0.717) is 31.7 Å². The fourth-order valence-electron chi connectivity index (χ4n) is 3.56. The van der Waals surface area contributed by atoms with Crippen molar-refractivity contribution in [2.75, 3.05) is 24.5 Å². The Morgan fingerprint density at radius 3 is 2.79 bits per heavy atom. The normalized spacial score (nSPS) is 22.8. The zero-order valence-electron chi connectivity index (χ0n) is 14.0. The first kappa shape index (κ1) is 16.9. The first-order valence-electron chi connectivity index (χ1n) is 8.62. The molecule has 130 valence electrons. The minimum atomic E-state index is -0.543. The van der Waals surface area contributed by atoms with E-state index in [4.69, 9.17) is 5.73 Å². The summed E-state index contributed by atoms with van der Waals surface area (Å²) in [5.74, 6) is -0.589. The Bertz CT molecular complexity index is 647. The smallest absolute Gasteiger partial charge is 0.256 e. The third kappa shape index (κ3) is 3.29. The quantitative estimate of drug-likeness (QED) is 0.922. The number of halogens is 1. The summed E-state index contributed by atoms with van der Waals surface area (Å²) in [6.07, 6.45) is 3.17. The molecule has 2 unspecified atom stereocenters. The maximum atomic E-state index is 14.2. The molecule has 2 atom stereocenters. The molecule has 2 aliphatic rings. The average molecular weight is 333 g/mol. The van der Waals surface area contributed by atoms with E-state index in [2.05, 4.69) is 0 Å². The molecule has 2 heterocycles. The van der Waals surface area contributed by atoms with Gasteiger partial charge in [0, 0.05) is 37.8 Å². The third-order valence-electron chi connectivity index (χ3n) is 5.05. The van der Waals surface area contributed by atoms with Crippen LogP contribution in [0.3, 0.4) is 0 Å². The molecule has 5 nitrogen and oxygen atoms in total. The number of hydrogen-bond acceptors (Lipinski definition) is 3. The van der Waals surface area contributed by atoms with Crippen LogP contribution in [-0.2, 0) is 4.79 Å². The van der Waals surface area contributed by atoms with Crippen LogP contribution in [0.1, 0.15) is 43.0 Å². The van der Waals surface area contributed by atoms with Gasteiger partial charge in [-0.1, -0.05) is 0 Å². The highest BCUT2D eigenvalue weighted by Gasteiger charge is 2.29. The van der Waals surface area contributed by atoms with E-state index in [1.165, 1.54) is 12.1 Å². The van der Waals surface area contributed by atoms with Crippen molar-refractivity contribution < 1.29 is 14.0 Å². The Kier molecular flexibility index (Phi) is 4.85. The Balaban J connectivity index is 1.82. The molecule has 0 radical (unpaired) electrons. The van der Waals surface area contributed by atoms with Gasteiger partial charge in [0.15, 0.2) is 0 Å². The molecular formula is C18H24FN3O2. The number of benzene rings is 1. The number of hydrogen-bond donors (Lipinski definition) is 1. The van der Waals surface area contributed by atoms with Crippen molar-refractivity contribution >= 4 is 17.5 Å². The summed E-state index contributed by atoms with van der Waals surface area (Å²) < 4.78 is 14.2. The maximum Gasteiger partial charge on any atom is 0.256 e. The van der Waals surface area contributed by atoms with Crippen molar-refractivity contribution in [1.82, 2.24) is 4.90 Å². The fraction of sp³-hybridized carbons (Fsp3) is 0.556. The second-order valence-electron chi connectivity index (χ2n) is 6.83. The molecule has 2 aliphatic heterocycles. The van der Waals surface area contributed by atoms with E-state index in [9.17, 15) is 14.0 Å². The standard InChI is InChI=1S/C18H24FN3O2/c1-12(20)13-4-2-8-21(11-13)18(24)15-10-14(6-7-16(15)19)22-9-3-5-17(22)23/h6-7,10,12-13H,2-5,8-9,11,20H2,1H3. The summed E-state index contributed by atoms with van der Waals surface area (Å²) in [5.41, 5.74) is 6.60. The highest BCUT2D eigenvalue weighted by atomic mass is 19.1. The predicted molar refractivity (Wildman–Crippen MR) is 90.3 cm³/mol. The zero-order valence-corrected chi connectivity index (χ0v) is 14.0. The molecule has 3 rings (SSSR count). The molecule has 0 aromatic heterocycles. The van der Waals surface area contributed by atoms with Gasteiger partial charge in [-0.3, -0.25) is 9.59 Å². The molecule has 1 aromatic rings. The van der Waals surface area contributed by atoms with Gasteiger partial charge in [-0.25, -0.2) is 4.39 Å². The first-order valence-corrected chi connectivity index (χ1v) is 8.62. The largest absolute Gasteiger partial charge is 0.338 e. The Labute approximate surface area is 141 Å². The lowest BCUT2D eigenvalue weighted by Crippen LogP contribution is -2.45. The number of amides is 2. The monoisotopic (exact) mass is 333 g/mol. The van der Waals surface area contributed by atoms with Crippen LogP contribution in [-0.4, -0.2) is 42.4 Å². The average Bonchev–Trinajstić information content (AvgIpc) is 3.01. The van der Waals surface area contributed by atoms with E-state index < -0.39 is 5.82 Å². The van der Waals surface area contributed by atoms with E-state index in [1.54, 1.807) is 15.9 Å².